The van der Waals surface area contributed by atoms with Crippen LogP contribution in [0.5, 0.6) is 5.75 Å². The van der Waals surface area contributed by atoms with Gasteiger partial charge in [0.25, 0.3) is 0 Å². The first kappa shape index (κ1) is 15.7. The smallest absolute Gasteiger partial charge is 0.337 e. The van der Waals surface area contributed by atoms with Crippen LogP contribution in [0.3, 0.4) is 0 Å². The fourth-order valence-corrected chi connectivity index (χ4v) is 3.00. The Hall–Kier alpha value is -2.17. The Kier molecular flexibility index (Phi) is 4.20. The minimum absolute atomic E-state index is 0.243. The first-order chi connectivity index (χ1) is 11.0. The van der Waals surface area contributed by atoms with Crippen LogP contribution in [0.25, 0.3) is 10.9 Å². The molecule has 3 aromatic rings. The number of ether oxygens (including phenoxy) is 1. The molecule has 0 fully saturated rings. The number of methoxy groups -OCH3 is 1. The molecule has 2 aromatic carbocycles. The molecule has 0 aliphatic carbocycles. The van der Waals surface area contributed by atoms with Crippen LogP contribution in [-0.2, 0) is 6.54 Å². The van der Waals surface area contributed by atoms with Gasteiger partial charge in [-0.1, -0.05) is 29.3 Å². The van der Waals surface area contributed by atoms with E-state index in [0.29, 0.717) is 27.7 Å². The highest BCUT2D eigenvalue weighted by Gasteiger charge is 2.15. The monoisotopic (exact) mass is 349 g/mol. The summed E-state index contributed by atoms with van der Waals surface area (Å²) in [6, 6.07) is 10.6. The number of hydrogen-bond acceptors (Lipinski definition) is 2. The zero-order chi connectivity index (χ0) is 16.6. The largest absolute Gasteiger partial charge is 0.497 e. The summed E-state index contributed by atoms with van der Waals surface area (Å²) in [5, 5.41) is 11.1. The Balaban J connectivity index is 2.14. The third kappa shape index (κ3) is 3.00. The second-order valence-electron chi connectivity index (χ2n) is 5.09. The lowest BCUT2D eigenvalue weighted by Gasteiger charge is -2.09. The third-order valence-electron chi connectivity index (χ3n) is 3.68. The highest BCUT2D eigenvalue weighted by molar-refractivity contribution is 6.35. The van der Waals surface area contributed by atoms with Gasteiger partial charge in [-0.3, -0.25) is 0 Å². The van der Waals surface area contributed by atoms with Gasteiger partial charge in [-0.15, -0.1) is 0 Å². The van der Waals surface area contributed by atoms with Gasteiger partial charge in [-0.25, -0.2) is 4.79 Å². The van der Waals surface area contributed by atoms with E-state index in [1.165, 1.54) is 0 Å². The first-order valence-electron chi connectivity index (χ1n) is 6.83. The quantitative estimate of drug-likeness (QED) is 0.742. The molecule has 4 nitrogen and oxygen atoms in total. The Morgan fingerprint density at radius 3 is 2.65 bits per heavy atom. The maximum absolute atomic E-state index is 11.5. The molecule has 0 aliphatic heterocycles. The summed E-state index contributed by atoms with van der Waals surface area (Å²) in [5.41, 5.74) is 1.87. The number of hydrogen-bond donors (Lipinski definition) is 1. The van der Waals surface area contributed by atoms with Gasteiger partial charge in [0.05, 0.1) is 18.2 Å². The van der Waals surface area contributed by atoms with Crippen molar-refractivity contribution in [3.63, 3.8) is 0 Å². The number of aromatic nitrogens is 1. The number of rotatable bonds is 4. The van der Waals surface area contributed by atoms with Crippen molar-refractivity contribution >= 4 is 40.1 Å². The Bertz CT molecular complexity index is 902. The number of fused-ring (bicyclic) bond motifs is 1. The van der Waals surface area contributed by atoms with E-state index in [1.54, 1.807) is 37.6 Å². The van der Waals surface area contributed by atoms with Crippen LogP contribution < -0.4 is 4.74 Å². The zero-order valence-electron chi connectivity index (χ0n) is 12.2. The summed E-state index contributed by atoms with van der Waals surface area (Å²) < 4.78 is 7.08. The summed E-state index contributed by atoms with van der Waals surface area (Å²) in [4.78, 5) is 11.5. The molecule has 1 N–H and O–H groups in total. The van der Waals surface area contributed by atoms with Gasteiger partial charge in [0.2, 0.25) is 0 Å². The van der Waals surface area contributed by atoms with Gasteiger partial charge >= 0.3 is 5.97 Å². The second-order valence-corrected chi connectivity index (χ2v) is 5.94. The van der Waals surface area contributed by atoms with Gasteiger partial charge < -0.3 is 14.4 Å². The molecule has 0 atom stereocenters. The molecule has 0 saturated carbocycles. The van der Waals surface area contributed by atoms with E-state index >= 15 is 0 Å². The van der Waals surface area contributed by atoms with Crippen molar-refractivity contribution in [1.82, 2.24) is 4.57 Å². The molecular formula is C17H13Cl2NO3. The van der Waals surface area contributed by atoms with E-state index in [1.807, 2.05) is 16.7 Å². The van der Waals surface area contributed by atoms with Crippen LogP contribution in [0.1, 0.15) is 15.9 Å². The fourth-order valence-electron chi connectivity index (χ4n) is 2.53. The number of aromatic carboxylic acids is 1. The van der Waals surface area contributed by atoms with E-state index in [9.17, 15) is 9.90 Å². The highest BCUT2D eigenvalue weighted by atomic mass is 35.5. The molecule has 0 unspecified atom stereocenters. The lowest BCUT2D eigenvalue weighted by molar-refractivity contribution is 0.0699. The first-order valence-corrected chi connectivity index (χ1v) is 7.59. The molecule has 1 aromatic heterocycles. The predicted octanol–water partition coefficient (Wildman–Crippen LogP) is 4.70. The van der Waals surface area contributed by atoms with Gasteiger partial charge in [0, 0.05) is 34.2 Å². The van der Waals surface area contributed by atoms with Crippen LogP contribution >= 0.6 is 23.2 Å². The summed E-state index contributed by atoms with van der Waals surface area (Å²) in [6.45, 7) is 0.437. The van der Waals surface area contributed by atoms with Crippen molar-refractivity contribution in [3.8, 4) is 5.75 Å². The second kappa shape index (κ2) is 6.14. The van der Waals surface area contributed by atoms with Gasteiger partial charge in [-0.2, -0.15) is 0 Å². The van der Waals surface area contributed by atoms with Gasteiger partial charge in [0.1, 0.15) is 5.75 Å². The van der Waals surface area contributed by atoms with Gasteiger partial charge in [0.15, 0.2) is 0 Å². The summed E-state index contributed by atoms with van der Waals surface area (Å²) in [6.07, 6.45) is 1.61. The maximum atomic E-state index is 11.5. The summed E-state index contributed by atoms with van der Waals surface area (Å²) >= 11 is 12.1. The van der Waals surface area contributed by atoms with E-state index in [2.05, 4.69) is 0 Å². The van der Waals surface area contributed by atoms with Gasteiger partial charge in [-0.05, 0) is 29.8 Å². The van der Waals surface area contributed by atoms with E-state index < -0.39 is 5.97 Å². The number of halogens is 2. The third-order valence-corrected chi connectivity index (χ3v) is 4.26. The maximum Gasteiger partial charge on any atom is 0.337 e. The van der Waals surface area contributed by atoms with E-state index in [-0.39, 0.29) is 5.56 Å². The van der Waals surface area contributed by atoms with E-state index in [0.717, 1.165) is 11.1 Å². The standard InChI is InChI=1S/C17H13Cl2NO3/c1-23-12-4-5-13-14(17(21)22)9-20(16(13)7-12)8-10-2-3-11(18)6-15(10)19/h2-7,9H,8H2,1H3,(H,21,22). The summed E-state index contributed by atoms with van der Waals surface area (Å²) in [5.74, 6) is -0.308. The molecule has 0 aliphatic rings. The fraction of sp³-hybridized carbons (Fsp3) is 0.118. The molecule has 1 heterocycles. The molecule has 118 valence electrons. The Morgan fingerprint density at radius 1 is 1.22 bits per heavy atom. The molecule has 0 saturated heterocycles. The molecule has 23 heavy (non-hydrogen) atoms. The lowest BCUT2D eigenvalue weighted by Crippen LogP contribution is -1.99. The van der Waals surface area contributed by atoms with E-state index in [4.69, 9.17) is 27.9 Å². The molecule has 6 heteroatoms. The number of carbonyl (C=O) groups is 1. The SMILES string of the molecule is COc1ccc2c(C(=O)O)cn(Cc3ccc(Cl)cc3Cl)c2c1. The molecular weight excluding hydrogens is 337 g/mol. The average Bonchev–Trinajstić information content (AvgIpc) is 2.88. The zero-order valence-corrected chi connectivity index (χ0v) is 13.7. The molecule has 0 bridgehead atoms. The topological polar surface area (TPSA) is 51.5 Å². The van der Waals surface area contributed by atoms with Crippen LogP contribution in [-0.4, -0.2) is 22.8 Å². The minimum Gasteiger partial charge on any atom is -0.497 e. The highest BCUT2D eigenvalue weighted by Crippen LogP contribution is 2.28. The average molecular weight is 350 g/mol. The molecule has 3 rings (SSSR count). The van der Waals surface area contributed by atoms with Crippen molar-refractivity contribution in [3.05, 3.63) is 63.8 Å². The molecule has 0 radical (unpaired) electrons. The lowest BCUT2D eigenvalue weighted by atomic mass is 10.1. The van der Waals surface area contributed by atoms with Crippen LogP contribution in [0, 0.1) is 0 Å². The minimum atomic E-state index is -0.971. The number of carboxylic acids is 1. The number of benzene rings is 2. The molecule has 0 amide bonds. The van der Waals surface area contributed by atoms with Crippen molar-refractivity contribution < 1.29 is 14.6 Å². The van der Waals surface area contributed by atoms with Crippen molar-refractivity contribution in [2.24, 2.45) is 0 Å². The Morgan fingerprint density at radius 2 is 2.00 bits per heavy atom. The van der Waals surface area contributed by atoms with Crippen LogP contribution in [0.15, 0.2) is 42.6 Å². The van der Waals surface area contributed by atoms with Crippen LogP contribution in [0.2, 0.25) is 10.0 Å². The normalized spacial score (nSPS) is 10.9. The summed E-state index contributed by atoms with van der Waals surface area (Å²) in [7, 11) is 1.57. The van der Waals surface area contributed by atoms with Crippen molar-refractivity contribution in [1.29, 1.82) is 0 Å². The number of carboxylic acid groups (broad SMARTS) is 1. The van der Waals surface area contributed by atoms with Crippen molar-refractivity contribution in [2.75, 3.05) is 7.11 Å². The molecule has 0 spiro atoms. The number of nitrogens with zero attached hydrogens (tertiary/aromatic N) is 1. The predicted molar refractivity (Wildman–Crippen MR) is 91.0 cm³/mol. The van der Waals surface area contributed by atoms with Crippen molar-refractivity contribution in [2.45, 2.75) is 6.54 Å². The Labute approximate surface area is 142 Å². The van der Waals surface area contributed by atoms with Crippen LogP contribution in [0.4, 0.5) is 0 Å².